The number of piperidine rings is 1. The third-order valence-corrected chi connectivity index (χ3v) is 6.08. The maximum Gasteiger partial charge on any atom is 0.350 e. The van der Waals surface area contributed by atoms with E-state index in [4.69, 9.17) is 5.11 Å². The molecule has 7 heteroatoms. The predicted molar refractivity (Wildman–Crippen MR) is 101 cm³/mol. The van der Waals surface area contributed by atoms with Gasteiger partial charge in [-0.15, -0.1) is 0 Å². The molecule has 1 saturated carbocycles. The van der Waals surface area contributed by atoms with Gasteiger partial charge in [0.15, 0.2) is 0 Å². The van der Waals surface area contributed by atoms with Crippen LogP contribution in [0, 0.1) is 5.92 Å². The monoisotopic (exact) mass is 370 g/mol. The van der Waals surface area contributed by atoms with Crippen molar-refractivity contribution < 1.29 is 9.90 Å². The second-order valence-corrected chi connectivity index (χ2v) is 7.69. The molecule has 0 amide bonds. The zero-order valence-electron chi connectivity index (χ0n) is 15.4. The van der Waals surface area contributed by atoms with Crippen molar-refractivity contribution in [2.45, 2.75) is 50.5 Å². The van der Waals surface area contributed by atoms with Gasteiger partial charge in [-0.05, 0) is 75.2 Å². The highest BCUT2D eigenvalue weighted by Crippen LogP contribution is 2.31. The quantitative estimate of drug-likeness (QED) is 0.862. The van der Waals surface area contributed by atoms with E-state index in [1.807, 2.05) is 12.1 Å². The Morgan fingerprint density at radius 3 is 2.33 bits per heavy atom. The summed E-state index contributed by atoms with van der Waals surface area (Å²) in [4.78, 5) is 23.9. The summed E-state index contributed by atoms with van der Waals surface area (Å²) < 4.78 is 3.11. The summed E-state index contributed by atoms with van der Waals surface area (Å²) in [5.74, 6) is -0.432. The van der Waals surface area contributed by atoms with Gasteiger partial charge in [0.25, 0.3) is 0 Å². The number of nitrogens with one attached hydrogen (secondary N) is 1. The molecule has 2 aromatic rings. The van der Waals surface area contributed by atoms with Crippen molar-refractivity contribution in [3.8, 4) is 5.69 Å². The van der Waals surface area contributed by atoms with Crippen molar-refractivity contribution in [1.82, 2.24) is 19.7 Å². The van der Waals surface area contributed by atoms with E-state index >= 15 is 0 Å². The van der Waals surface area contributed by atoms with Crippen LogP contribution < -0.4 is 11.0 Å². The van der Waals surface area contributed by atoms with E-state index in [0.29, 0.717) is 31.6 Å². The molecular weight excluding hydrogens is 344 g/mol. The molecule has 7 nitrogen and oxygen atoms in total. The molecule has 0 unspecified atom stereocenters. The normalized spacial score (nSPS) is 24.0. The molecule has 0 radical (unpaired) electrons. The number of carbonyl (C=O) groups is 1. The van der Waals surface area contributed by atoms with Crippen LogP contribution in [0.1, 0.15) is 56.0 Å². The zero-order valence-corrected chi connectivity index (χ0v) is 15.4. The standard InChI is InChI=1S/C20H26N4O3/c25-19(26)16-3-5-17(6-4-16)23-13-22-24(20(23)27)18-7-1-14(2-8-18)15-9-11-21-12-10-15/h1-2,7-8,13,15-17,21H,3-6,9-12H2,(H,25,26). The van der Waals surface area contributed by atoms with Crippen molar-refractivity contribution in [3.05, 3.63) is 46.6 Å². The Kier molecular flexibility index (Phi) is 5.11. The minimum Gasteiger partial charge on any atom is -0.481 e. The zero-order chi connectivity index (χ0) is 18.8. The van der Waals surface area contributed by atoms with E-state index < -0.39 is 5.97 Å². The lowest BCUT2D eigenvalue weighted by atomic mass is 9.86. The van der Waals surface area contributed by atoms with E-state index in [1.54, 1.807) is 10.9 Å². The lowest BCUT2D eigenvalue weighted by Crippen LogP contribution is -2.30. The van der Waals surface area contributed by atoms with Gasteiger partial charge in [-0.3, -0.25) is 9.36 Å². The number of rotatable bonds is 4. The smallest absolute Gasteiger partial charge is 0.350 e. The molecule has 1 aromatic carbocycles. The Hall–Kier alpha value is -2.41. The van der Waals surface area contributed by atoms with E-state index in [2.05, 4.69) is 22.5 Å². The molecule has 0 bridgehead atoms. The first-order chi connectivity index (χ1) is 13.1. The van der Waals surface area contributed by atoms with Crippen molar-refractivity contribution in [2.75, 3.05) is 13.1 Å². The van der Waals surface area contributed by atoms with E-state index in [-0.39, 0.29) is 17.6 Å². The Morgan fingerprint density at radius 2 is 1.70 bits per heavy atom. The van der Waals surface area contributed by atoms with Crippen LogP contribution in [0.5, 0.6) is 0 Å². The third-order valence-electron chi connectivity index (χ3n) is 6.08. The summed E-state index contributed by atoms with van der Waals surface area (Å²) in [5.41, 5.74) is 1.94. The van der Waals surface area contributed by atoms with Crippen molar-refractivity contribution in [3.63, 3.8) is 0 Å². The highest BCUT2D eigenvalue weighted by Gasteiger charge is 2.28. The van der Waals surface area contributed by atoms with Crippen LogP contribution in [-0.4, -0.2) is 38.5 Å². The molecule has 0 spiro atoms. The van der Waals surface area contributed by atoms with Crippen molar-refractivity contribution in [1.29, 1.82) is 0 Å². The number of hydrogen-bond acceptors (Lipinski definition) is 4. The van der Waals surface area contributed by atoms with E-state index in [9.17, 15) is 9.59 Å². The fraction of sp³-hybridized carbons (Fsp3) is 0.550. The van der Waals surface area contributed by atoms with E-state index in [1.165, 1.54) is 10.2 Å². The first kappa shape index (κ1) is 18.0. The molecule has 1 saturated heterocycles. The molecule has 4 rings (SSSR count). The van der Waals surface area contributed by atoms with Crippen LogP contribution in [-0.2, 0) is 4.79 Å². The number of aliphatic carboxylic acids is 1. The van der Waals surface area contributed by atoms with Gasteiger partial charge in [-0.25, -0.2) is 4.79 Å². The van der Waals surface area contributed by atoms with Crippen LogP contribution in [0.4, 0.5) is 0 Å². The number of carboxylic acids is 1. The SMILES string of the molecule is O=C(O)C1CCC(n2cnn(-c3ccc(C4CCNCC4)cc3)c2=O)CC1. The highest BCUT2D eigenvalue weighted by atomic mass is 16.4. The fourth-order valence-electron chi connectivity index (χ4n) is 4.39. The number of nitrogens with zero attached hydrogens (tertiary/aromatic N) is 3. The third kappa shape index (κ3) is 3.69. The molecule has 0 atom stereocenters. The molecule has 2 N–H and O–H groups in total. The van der Waals surface area contributed by atoms with Gasteiger partial charge >= 0.3 is 11.7 Å². The topological polar surface area (TPSA) is 89.2 Å². The van der Waals surface area contributed by atoms with Gasteiger partial charge in [0, 0.05) is 6.04 Å². The van der Waals surface area contributed by atoms with Gasteiger partial charge in [0.1, 0.15) is 6.33 Å². The maximum atomic E-state index is 12.8. The Labute approximate surface area is 158 Å². The summed E-state index contributed by atoms with van der Waals surface area (Å²) in [5, 5.41) is 16.8. The molecule has 2 heterocycles. The lowest BCUT2D eigenvalue weighted by Gasteiger charge is -2.26. The van der Waals surface area contributed by atoms with E-state index in [0.717, 1.165) is 31.6 Å². The van der Waals surface area contributed by atoms with Crippen LogP contribution in [0.25, 0.3) is 5.69 Å². The summed E-state index contributed by atoms with van der Waals surface area (Å²) in [6, 6.07) is 8.19. The molecule has 144 valence electrons. The molecule has 2 fully saturated rings. The Bertz CT molecular complexity index is 841. The van der Waals surface area contributed by atoms with Crippen LogP contribution in [0.15, 0.2) is 35.4 Å². The van der Waals surface area contributed by atoms with Gasteiger partial charge < -0.3 is 10.4 Å². The Morgan fingerprint density at radius 1 is 1.04 bits per heavy atom. The minimum absolute atomic E-state index is 0.0378. The van der Waals surface area contributed by atoms with Crippen LogP contribution >= 0.6 is 0 Å². The number of carboxylic acid groups (broad SMARTS) is 1. The van der Waals surface area contributed by atoms with Gasteiger partial charge in [-0.2, -0.15) is 9.78 Å². The molecular formula is C20H26N4O3. The second kappa shape index (κ2) is 7.68. The average molecular weight is 370 g/mol. The number of aromatic nitrogens is 3. The predicted octanol–water partition coefficient (Wildman–Crippen LogP) is 2.32. The maximum absolute atomic E-state index is 12.8. The van der Waals surface area contributed by atoms with Crippen LogP contribution in [0.3, 0.4) is 0 Å². The van der Waals surface area contributed by atoms with Crippen LogP contribution in [0.2, 0.25) is 0 Å². The molecule has 27 heavy (non-hydrogen) atoms. The lowest BCUT2D eigenvalue weighted by molar-refractivity contribution is -0.143. The summed E-state index contributed by atoms with van der Waals surface area (Å²) in [7, 11) is 0. The number of hydrogen-bond donors (Lipinski definition) is 2. The fourth-order valence-corrected chi connectivity index (χ4v) is 4.39. The van der Waals surface area contributed by atoms with Crippen molar-refractivity contribution in [2.24, 2.45) is 5.92 Å². The summed E-state index contributed by atoms with van der Waals surface area (Å²) in [6.45, 7) is 2.11. The minimum atomic E-state index is -0.731. The number of benzene rings is 1. The molecule has 1 aromatic heterocycles. The largest absolute Gasteiger partial charge is 0.481 e. The van der Waals surface area contributed by atoms with Gasteiger partial charge in [0.05, 0.1) is 11.6 Å². The second-order valence-electron chi connectivity index (χ2n) is 7.69. The molecule has 2 aliphatic rings. The van der Waals surface area contributed by atoms with Crippen molar-refractivity contribution >= 4 is 5.97 Å². The van der Waals surface area contributed by atoms with Gasteiger partial charge in [-0.1, -0.05) is 12.1 Å². The van der Waals surface area contributed by atoms with Gasteiger partial charge in [0.2, 0.25) is 0 Å². The summed E-state index contributed by atoms with van der Waals surface area (Å²) >= 11 is 0. The first-order valence-corrected chi connectivity index (χ1v) is 9.83. The summed E-state index contributed by atoms with van der Waals surface area (Å²) in [6.07, 6.45) is 6.52. The Balaban J connectivity index is 1.49. The average Bonchev–Trinajstić information content (AvgIpc) is 3.10. The molecule has 1 aliphatic heterocycles. The molecule has 1 aliphatic carbocycles. The first-order valence-electron chi connectivity index (χ1n) is 9.83. The highest BCUT2D eigenvalue weighted by molar-refractivity contribution is 5.70.